The molecule has 1 aromatic heterocycles. The Morgan fingerprint density at radius 3 is 2.30 bits per heavy atom. The van der Waals surface area contributed by atoms with Gasteiger partial charge in [0.1, 0.15) is 5.75 Å². The van der Waals surface area contributed by atoms with Crippen molar-refractivity contribution in [3.8, 4) is 5.75 Å². The van der Waals surface area contributed by atoms with Crippen LogP contribution in [0.4, 0.5) is 17.2 Å². The first-order valence-electron chi connectivity index (χ1n) is 10.1. The molecular weight excluding hydrogens is 384 g/mol. The zero-order valence-corrected chi connectivity index (χ0v) is 17.6. The van der Waals surface area contributed by atoms with Gasteiger partial charge in [-0.05, 0) is 36.1 Å². The second-order valence-electron chi connectivity index (χ2n) is 8.70. The summed E-state index contributed by atoms with van der Waals surface area (Å²) in [6.07, 6.45) is 1.03. The van der Waals surface area contributed by atoms with E-state index < -0.39 is 4.92 Å². The molecule has 8 heteroatoms. The predicted molar refractivity (Wildman–Crippen MR) is 115 cm³/mol. The first-order valence-corrected chi connectivity index (χ1v) is 10.1. The lowest BCUT2D eigenvalue weighted by Gasteiger charge is -2.37. The minimum Gasteiger partial charge on any atom is -0.497 e. The first-order chi connectivity index (χ1) is 14.3. The Balaban J connectivity index is 1.58. The van der Waals surface area contributed by atoms with E-state index in [1.807, 2.05) is 43.0 Å². The third-order valence-electron chi connectivity index (χ3n) is 5.86. The highest BCUT2D eigenvalue weighted by Crippen LogP contribution is 2.38. The van der Waals surface area contributed by atoms with Gasteiger partial charge in [-0.2, -0.15) is 0 Å². The minimum atomic E-state index is -0.425. The summed E-state index contributed by atoms with van der Waals surface area (Å²) in [4.78, 5) is 32.7. The van der Waals surface area contributed by atoms with Crippen LogP contribution in [0.15, 0.2) is 30.3 Å². The molecule has 2 aliphatic rings. The predicted octanol–water partition coefficient (Wildman–Crippen LogP) is 3.48. The maximum absolute atomic E-state index is 12.5. The van der Waals surface area contributed by atoms with E-state index in [4.69, 9.17) is 4.74 Å². The van der Waals surface area contributed by atoms with Gasteiger partial charge in [-0.3, -0.25) is 14.9 Å². The number of hydrogen-bond acceptors (Lipinski definition) is 7. The molecule has 1 saturated heterocycles. The standard InChI is InChI=1S/C22H26N4O4/c1-22(2)13-18-17(20(27)14-22)12-19(26(28)29)21(23-18)25-10-8-24(9-11-25)15-4-6-16(30-3)7-5-15/h4-7,12H,8-11,13-14H2,1-3H3. The van der Waals surface area contributed by atoms with Crippen molar-refractivity contribution in [1.82, 2.24) is 4.98 Å². The van der Waals surface area contributed by atoms with Crippen LogP contribution in [0.25, 0.3) is 0 Å². The first kappa shape index (κ1) is 20.1. The number of ether oxygens (including phenoxy) is 1. The molecule has 0 bridgehead atoms. The molecular formula is C22H26N4O4. The second-order valence-corrected chi connectivity index (χ2v) is 8.70. The van der Waals surface area contributed by atoms with E-state index in [1.54, 1.807) is 7.11 Å². The highest BCUT2D eigenvalue weighted by molar-refractivity contribution is 5.99. The van der Waals surface area contributed by atoms with E-state index in [0.29, 0.717) is 43.0 Å². The van der Waals surface area contributed by atoms with Gasteiger partial charge >= 0.3 is 5.69 Å². The summed E-state index contributed by atoms with van der Waals surface area (Å²) in [5.74, 6) is 1.12. The number of carbonyl (C=O) groups excluding carboxylic acids is 1. The number of benzene rings is 1. The fourth-order valence-corrected chi connectivity index (χ4v) is 4.29. The summed E-state index contributed by atoms with van der Waals surface area (Å²) < 4.78 is 5.21. The minimum absolute atomic E-state index is 0.0623. The van der Waals surface area contributed by atoms with Gasteiger partial charge in [-0.1, -0.05) is 13.8 Å². The van der Waals surface area contributed by atoms with Crippen LogP contribution < -0.4 is 14.5 Å². The van der Waals surface area contributed by atoms with Crippen LogP contribution in [0.3, 0.4) is 0 Å². The number of Topliss-reactive ketones (excluding diaryl/α,β-unsaturated/α-hetero) is 1. The van der Waals surface area contributed by atoms with Crippen LogP contribution in [0.1, 0.15) is 36.3 Å². The molecule has 0 atom stereocenters. The van der Waals surface area contributed by atoms with Crippen molar-refractivity contribution in [3.63, 3.8) is 0 Å². The summed E-state index contributed by atoms with van der Waals surface area (Å²) >= 11 is 0. The fraction of sp³-hybridized carbons (Fsp3) is 0.455. The van der Waals surface area contributed by atoms with Crippen LogP contribution in [0.5, 0.6) is 5.75 Å². The molecule has 158 valence electrons. The number of hydrogen-bond donors (Lipinski definition) is 0. The quantitative estimate of drug-likeness (QED) is 0.563. The van der Waals surface area contributed by atoms with Gasteiger partial charge < -0.3 is 14.5 Å². The Morgan fingerprint density at radius 1 is 1.07 bits per heavy atom. The summed E-state index contributed by atoms with van der Waals surface area (Å²) in [6.45, 7) is 6.76. The number of carbonyl (C=O) groups is 1. The average Bonchev–Trinajstić information content (AvgIpc) is 2.72. The van der Waals surface area contributed by atoms with Crippen LogP contribution >= 0.6 is 0 Å². The molecule has 8 nitrogen and oxygen atoms in total. The lowest BCUT2D eigenvalue weighted by Crippen LogP contribution is -2.47. The lowest BCUT2D eigenvalue weighted by atomic mass is 9.75. The summed E-state index contributed by atoms with van der Waals surface area (Å²) in [5, 5.41) is 11.7. The zero-order valence-electron chi connectivity index (χ0n) is 17.6. The van der Waals surface area contributed by atoms with Crippen molar-refractivity contribution in [2.24, 2.45) is 5.41 Å². The van der Waals surface area contributed by atoms with Crippen molar-refractivity contribution < 1.29 is 14.5 Å². The van der Waals surface area contributed by atoms with Gasteiger partial charge in [0.2, 0.25) is 5.82 Å². The number of piperazine rings is 1. The van der Waals surface area contributed by atoms with Gasteiger partial charge in [0.05, 0.1) is 17.7 Å². The maximum Gasteiger partial charge on any atom is 0.312 e. The van der Waals surface area contributed by atoms with Crippen molar-refractivity contribution in [2.75, 3.05) is 43.1 Å². The topological polar surface area (TPSA) is 88.8 Å². The molecule has 0 radical (unpaired) electrons. The van der Waals surface area contributed by atoms with Crippen LogP contribution in [0.2, 0.25) is 0 Å². The van der Waals surface area contributed by atoms with E-state index in [9.17, 15) is 14.9 Å². The third-order valence-corrected chi connectivity index (χ3v) is 5.86. The number of fused-ring (bicyclic) bond motifs is 1. The van der Waals surface area contributed by atoms with Crippen molar-refractivity contribution >= 4 is 23.0 Å². The van der Waals surface area contributed by atoms with Gasteiger partial charge in [-0.15, -0.1) is 0 Å². The van der Waals surface area contributed by atoms with Gasteiger partial charge in [-0.25, -0.2) is 4.98 Å². The molecule has 0 saturated carbocycles. The zero-order chi connectivity index (χ0) is 21.5. The Labute approximate surface area is 175 Å². The number of anilines is 2. The summed E-state index contributed by atoms with van der Waals surface area (Å²) in [6, 6.07) is 9.32. The Kier molecular flexibility index (Phi) is 5.09. The van der Waals surface area contributed by atoms with Gasteiger partial charge in [0.15, 0.2) is 5.78 Å². The highest BCUT2D eigenvalue weighted by atomic mass is 16.6. The van der Waals surface area contributed by atoms with E-state index in [0.717, 1.165) is 24.5 Å². The fourth-order valence-electron chi connectivity index (χ4n) is 4.29. The Hall–Kier alpha value is -3.16. The number of ketones is 1. The second kappa shape index (κ2) is 7.59. The number of pyridine rings is 1. The van der Waals surface area contributed by atoms with Crippen LogP contribution in [-0.4, -0.2) is 49.0 Å². The number of rotatable bonds is 4. The smallest absolute Gasteiger partial charge is 0.312 e. The van der Waals surface area contributed by atoms with Crippen LogP contribution in [0, 0.1) is 15.5 Å². The lowest BCUT2D eigenvalue weighted by molar-refractivity contribution is -0.384. The summed E-state index contributed by atoms with van der Waals surface area (Å²) in [7, 11) is 1.64. The molecule has 0 spiro atoms. The van der Waals surface area contributed by atoms with Crippen molar-refractivity contribution in [3.05, 3.63) is 51.7 Å². The van der Waals surface area contributed by atoms with Gasteiger partial charge in [0.25, 0.3) is 0 Å². The number of methoxy groups -OCH3 is 1. The van der Waals surface area contributed by atoms with Gasteiger partial charge in [0, 0.05) is 49.9 Å². The SMILES string of the molecule is COc1ccc(N2CCN(c3nc4c(cc3[N+](=O)[O-])C(=O)CC(C)(C)C4)CC2)cc1. The van der Waals surface area contributed by atoms with E-state index in [-0.39, 0.29) is 16.9 Å². The normalized spacial score (nSPS) is 18.2. The largest absolute Gasteiger partial charge is 0.497 e. The number of nitrogens with zero attached hydrogens (tertiary/aromatic N) is 4. The maximum atomic E-state index is 12.5. The highest BCUT2D eigenvalue weighted by Gasteiger charge is 2.36. The number of nitro groups is 1. The van der Waals surface area contributed by atoms with Crippen molar-refractivity contribution in [1.29, 1.82) is 0 Å². The van der Waals surface area contributed by atoms with E-state index in [2.05, 4.69) is 9.88 Å². The monoisotopic (exact) mass is 410 g/mol. The molecule has 4 rings (SSSR count). The number of aromatic nitrogens is 1. The Morgan fingerprint density at radius 2 is 1.70 bits per heavy atom. The average molecular weight is 410 g/mol. The van der Waals surface area contributed by atoms with Crippen molar-refractivity contribution in [2.45, 2.75) is 26.7 Å². The van der Waals surface area contributed by atoms with E-state index >= 15 is 0 Å². The Bertz CT molecular complexity index is 979. The molecule has 1 fully saturated rings. The third kappa shape index (κ3) is 3.81. The molecule has 30 heavy (non-hydrogen) atoms. The molecule has 0 N–H and O–H groups in total. The molecule has 0 unspecified atom stereocenters. The molecule has 0 amide bonds. The summed E-state index contributed by atoms with van der Waals surface area (Å²) in [5.41, 5.74) is 1.91. The van der Waals surface area contributed by atoms with Crippen LogP contribution in [-0.2, 0) is 6.42 Å². The molecule has 2 aromatic rings. The molecule has 1 aromatic carbocycles. The molecule has 1 aliphatic heterocycles. The molecule has 2 heterocycles. The molecule has 1 aliphatic carbocycles. The van der Waals surface area contributed by atoms with E-state index in [1.165, 1.54) is 6.07 Å².